The number of nitrogens with one attached hydrogen (secondary N) is 1. The van der Waals surface area contributed by atoms with Gasteiger partial charge in [-0.25, -0.2) is 9.97 Å². The third-order valence-corrected chi connectivity index (χ3v) is 4.37. The molecule has 0 bridgehead atoms. The lowest BCUT2D eigenvalue weighted by atomic mass is 10.1. The molecular weight excluding hydrogens is 308 g/mol. The molecule has 7 nitrogen and oxygen atoms in total. The summed E-state index contributed by atoms with van der Waals surface area (Å²) in [7, 11) is 1.63. The summed E-state index contributed by atoms with van der Waals surface area (Å²) in [5, 5.41) is 2.82. The van der Waals surface area contributed by atoms with Gasteiger partial charge in [0.25, 0.3) is 5.91 Å². The molecule has 0 aromatic carbocycles. The van der Waals surface area contributed by atoms with Gasteiger partial charge in [0.15, 0.2) is 0 Å². The van der Waals surface area contributed by atoms with Crippen molar-refractivity contribution >= 4 is 11.8 Å². The molecule has 2 amide bonds. The molecule has 0 spiro atoms. The molecule has 1 N–H and O–H groups in total. The lowest BCUT2D eigenvalue weighted by Crippen LogP contribution is -2.41. The lowest BCUT2D eigenvalue weighted by molar-refractivity contribution is -0.121. The van der Waals surface area contributed by atoms with Crippen molar-refractivity contribution in [3.63, 3.8) is 0 Å². The zero-order chi connectivity index (χ0) is 16.9. The Morgan fingerprint density at radius 3 is 3.04 bits per heavy atom. The highest BCUT2D eigenvalue weighted by molar-refractivity contribution is 5.97. The zero-order valence-corrected chi connectivity index (χ0v) is 14.1. The maximum Gasteiger partial charge on any atom is 0.257 e. The molecule has 1 fully saturated rings. The molecule has 1 aliphatic carbocycles. The summed E-state index contributed by atoms with van der Waals surface area (Å²) in [6.07, 6.45) is 6.26. The van der Waals surface area contributed by atoms with E-state index in [-0.39, 0.29) is 18.4 Å². The van der Waals surface area contributed by atoms with E-state index < -0.39 is 0 Å². The molecule has 3 rings (SSSR count). The molecule has 0 unspecified atom stereocenters. The Morgan fingerprint density at radius 2 is 2.29 bits per heavy atom. The first-order chi connectivity index (χ1) is 11.7. The summed E-state index contributed by atoms with van der Waals surface area (Å²) < 4.78 is 4.95. The number of aryl methyl sites for hydroxylation is 1. The van der Waals surface area contributed by atoms with Crippen LogP contribution in [0.1, 0.15) is 53.5 Å². The maximum absolute atomic E-state index is 12.7. The second-order valence-corrected chi connectivity index (χ2v) is 6.39. The van der Waals surface area contributed by atoms with Crippen molar-refractivity contribution < 1.29 is 14.3 Å². The van der Waals surface area contributed by atoms with Crippen molar-refractivity contribution in [1.29, 1.82) is 0 Å². The van der Waals surface area contributed by atoms with Crippen LogP contribution in [-0.4, -0.2) is 60.0 Å². The normalized spacial score (nSPS) is 17.4. The first kappa shape index (κ1) is 16.8. The summed E-state index contributed by atoms with van der Waals surface area (Å²) in [4.78, 5) is 35.3. The minimum absolute atomic E-state index is 0.0790. The fraction of sp³-hybridized carbons (Fsp3) is 0.647. The van der Waals surface area contributed by atoms with Gasteiger partial charge in [0, 0.05) is 38.9 Å². The Kier molecular flexibility index (Phi) is 5.40. The third kappa shape index (κ3) is 4.08. The fourth-order valence-corrected chi connectivity index (χ4v) is 2.87. The van der Waals surface area contributed by atoms with Gasteiger partial charge in [-0.2, -0.15) is 0 Å². The first-order valence-electron chi connectivity index (χ1n) is 8.59. The Balaban J connectivity index is 1.61. The molecule has 7 heteroatoms. The van der Waals surface area contributed by atoms with E-state index in [1.54, 1.807) is 18.2 Å². The second-order valence-electron chi connectivity index (χ2n) is 6.39. The van der Waals surface area contributed by atoms with Crippen LogP contribution < -0.4 is 5.32 Å². The predicted octanol–water partition coefficient (Wildman–Crippen LogP) is 0.895. The molecule has 1 saturated carbocycles. The number of aromatic nitrogens is 2. The number of carbonyl (C=O) groups is 2. The largest absolute Gasteiger partial charge is 0.385 e. The van der Waals surface area contributed by atoms with Crippen molar-refractivity contribution in [2.75, 3.05) is 33.4 Å². The molecule has 2 heterocycles. The van der Waals surface area contributed by atoms with E-state index in [4.69, 9.17) is 4.74 Å². The Morgan fingerprint density at radius 1 is 1.46 bits per heavy atom. The standard InChI is InChI=1S/C17H24N4O3/c1-24-9-3-7-18-15(22)11-21-8-2-4-14-13(17(21)23)10-19-16(20-14)12-5-6-12/h10,12H,2-9,11H2,1H3,(H,18,22). The summed E-state index contributed by atoms with van der Waals surface area (Å²) in [6, 6.07) is 0. The number of carbonyl (C=O) groups excluding carboxylic acids is 2. The second kappa shape index (κ2) is 7.70. The van der Waals surface area contributed by atoms with E-state index in [1.807, 2.05) is 0 Å². The van der Waals surface area contributed by atoms with E-state index in [0.717, 1.165) is 43.6 Å². The highest BCUT2D eigenvalue weighted by Gasteiger charge is 2.30. The van der Waals surface area contributed by atoms with Crippen molar-refractivity contribution in [1.82, 2.24) is 20.2 Å². The van der Waals surface area contributed by atoms with Gasteiger partial charge in [-0.1, -0.05) is 0 Å². The molecule has 1 aliphatic heterocycles. The van der Waals surface area contributed by atoms with E-state index in [0.29, 0.717) is 31.2 Å². The molecule has 1 aromatic heterocycles. The summed E-state index contributed by atoms with van der Waals surface area (Å²) in [5.74, 6) is 1.06. The predicted molar refractivity (Wildman–Crippen MR) is 87.7 cm³/mol. The number of hydrogen-bond acceptors (Lipinski definition) is 5. The number of hydrogen-bond donors (Lipinski definition) is 1. The number of fused-ring (bicyclic) bond motifs is 1. The SMILES string of the molecule is COCCCNC(=O)CN1CCCc2nc(C3CC3)ncc2C1=O. The number of rotatable bonds is 7. The van der Waals surface area contributed by atoms with Crippen LogP contribution in [0.2, 0.25) is 0 Å². The minimum Gasteiger partial charge on any atom is -0.385 e. The van der Waals surface area contributed by atoms with Crippen LogP contribution in [0.4, 0.5) is 0 Å². The molecule has 24 heavy (non-hydrogen) atoms. The van der Waals surface area contributed by atoms with Crippen LogP contribution in [0.25, 0.3) is 0 Å². The van der Waals surface area contributed by atoms with Gasteiger partial charge in [0.2, 0.25) is 5.91 Å². The van der Waals surface area contributed by atoms with Crippen molar-refractivity contribution in [2.24, 2.45) is 0 Å². The van der Waals surface area contributed by atoms with Crippen LogP contribution in [0.5, 0.6) is 0 Å². The monoisotopic (exact) mass is 332 g/mol. The van der Waals surface area contributed by atoms with Gasteiger partial charge < -0.3 is 15.0 Å². The van der Waals surface area contributed by atoms with Crippen LogP contribution in [-0.2, 0) is 16.0 Å². The maximum atomic E-state index is 12.7. The van der Waals surface area contributed by atoms with E-state index in [1.165, 1.54) is 0 Å². The number of ether oxygens (including phenoxy) is 1. The Labute approximate surface area is 141 Å². The summed E-state index contributed by atoms with van der Waals surface area (Å²) in [5.41, 5.74) is 1.38. The number of methoxy groups -OCH3 is 1. The highest BCUT2D eigenvalue weighted by atomic mass is 16.5. The lowest BCUT2D eigenvalue weighted by Gasteiger charge is -2.20. The molecule has 1 aromatic rings. The molecule has 130 valence electrons. The number of nitrogens with zero attached hydrogens (tertiary/aromatic N) is 3. The van der Waals surface area contributed by atoms with E-state index in [2.05, 4.69) is 15.3 Å². The van der Waals surface area contributed by atoms with Gasteiger partial charge in [0.05, 0.1) is 17.8 Å². The molecule has 0 radical (unpaired) electrons. The Bertz CT molecular complexity index is 616. The average Bonchev–Trinajstić information content (AvgIpc) is 3.42. The molecular formula is C17H24N4O3. The Hall–Kier alpha value is -2.02. The van der Waals surface area contributed by atoms with Crippen LogP contribution in [0.3, 0.4) is 0 Å². The van der Waals surface area contributed by atoms with Gasteiger partial charge in [-0.15, -0.1) is 0 Å². The fourth-order valence-electron chi connectivity index (χ4n) is 2.87. The quantitative estimate of drug-likeness (QED) is 0.750. The van der Waals surface area contributed by atoms with E-state index >= 15 is 0 Å². The van der Waals surface area contributed by atoms with Crippen LogP contribution in [0.15, 0.2) is 6.20 Å². The molecule has 0 atom stereocenters. The van der Waals surface area contributed by atoms with Gasteiger partial charge in [-0.3, -0.25) is 9.59 Å². The summed E-state index contributed by atoms with van der Waals surface area (Å²) in [6.45, 7) is 1.81. The zero-order valence-electron chi connectivity index (χ0n) is 14.1. The highest BCUT2D eigenvalue weighted by Crippen LogP contribution is 2.38. The topological polar surface area (TPSA) is 84.4 Å². The molecule has 0 saturated heterocycles. The average molecular weight is 332 g/mol. The summed E-state index contributed by atoms with van der Waals surface area (Å²) >= 11 is 0. The number of amides is 2. The smallest absolute Gasteiger partial charge is 0.257 e. The van der Waals surface area contributed by atoms with Crippen molar-refractivity contribution in [2.45, 2.75) is 38.0 Å². The van der Waals surface area contributed by atoms with Crippen molar-refractivity contribution in [3.8, 4) is 0 Å². The minimum atomic E-state index is -0.142. The third-order valence-electron chi connectivity index (χ3n) is 4.37. The van der Waals surface area contributed by atoms with Crippen LogP contribution >= 0.6 is 0 Å². The van der Waals surface area contributed by atoms with Crippen molar-refractivity contribution in [3.05, 3.63) is 23.3 Å². The van der Waals surface area contributed by atoms with Gasteiger partial charge >= 0.3 is 0 Å². The van der Waals surface area contributed by atoms with E-state index in [9.17, 15) is 9.59 Å². The van der Waals surface area contributed by atoms with Crippen LogP contribution in [0, 0.1) is 0 Å². The van der Waals surface area contributed by atoms with Gasteiger partial charge in [0.1, 0.15) is 5.82 Å². The molecule has 2 aliphatic rings. The first-order valence-corrected chi connectivity index (χ1v) is 8.59. The van der Waals surface area contributed by atoms with Gasteiger partial charge in [-0.05, 0) is 32.1 Å².